The summed E-state index contributed by atoms with van der Waals surface area (Å²) in [5.41, 5.74) is 19.7. The first kappa shape index (κ1) is 26.8. The van der Waals surface area contributed by atoms with Crippen LogP contribution in [0.4, 0.5) is 0 Å². The van der Waals surface area contributed by atoms with Crippen molar-refractivity contribution < 1.29 is 4.74 Å². The summed E-state index contributed by atoms with van der Waals surface area (Å²) in [6.45, 7) is 6.44. The van der Waals surface area contributed by atoms with E-state index in [0.29, 0.717) is 19.2 Å². The normalized spacial score (nSPS) is 14.2. The fourth-order valence-electron chi connectivity index (χ4n) is 2.13. The summed E-state index contributed by atoms with van der Waals surface area (Å²) in [4.78, 5) is 2.90. The number of rotatable bonds is 13. The van der Waals surface area contributed by atoms with Gasteiger partial charge in [-0.1, -0.05) is 58.3 Å². The summed E-state index contributed by atoms with van der Waals surface area (Å²) in [7, 11) is 0. The van der Waals surface area contributed by atoms with Gasteiger partial charge < -0.3 is 33.0 Å². The molecule has 1 heterocycles. The molecule has 154 valence electrons. The molecule has 0 bridgehead atoms. The molecule has 26 heavy (non-hydrogen) atoms. The highest BCUT2D eigenvalue weighted by molar-refractivity contribution is 5.76. The van der Waals surface area contributed by atoms with Crippen molar-refractivity contribution in [2.75, 3.05) is 32.8 Å². The Morgan fingerprint density at radius 1 is 1.04 bits per heavy atom. The minimum atomic E-state index is -0.197. The van der Waals surface area contributed by atoms with E-state index >= 15 is 0 Å². The highest BCUT2D eigenvalue weighted by Crippen LogP contribution is 2.18. The van der Waals surface area contributed by atoms with Crippen LogP contribution >= 0.6 is 0 Å². The number of hydrogen-bond acceptors (Lipinski definition) is 6. The molecule has 0 amide bonds. The maximum atomic E-state index is 7.64. The zero-order chi connectivity index (χ0) is 19.9. The van der Waals surface area contributed by atoms with Crippen molar-refractivity contribution in [2.45, 2.75) is 70.8 Å². The Hall–Kier alpha value is -1.40. The van der Waals surface area contributed by atoms with Crippen LogP contribution in [-0.2, 0) is 4.74 Å². The molecule has 1 saturated heterocycles. The first-order chi connectivity index (χ1) is 12.6. The Balaban J connectivity index is 0. The van der Waals surface area contributed by atoms with Crippen molar-refractivity contribution in [3.05, 3.63) is 0 Å². The lowest BCUT2D eigenvalue weighted by Gasteiger charge is -1.99. The Bertz CT molecular complexity index is 333. The summed E-state index contributed by atoms with van der Waals surface area (Å²) in [6.07, 6.45) is 14.8. The molecule has 1 unspecified atom stereocenters. The molecule has 0 spiro atoms. The number of ether oxygens (including phenoxy) is 1. The standard InChI is InChI=1S/C12H24O.C4H13N3.C2H4N4/c1-2-3-4-5-6-7-8-9-10-12-11-13-12;5-1-3-7-4-2-6;3-1-6-2(4)5/h12H,2-11H2,1H3;7H,1-6H2;(H4,4,5,6). The molecule has 8 heteroatoms. The van der Waals surface area contributed by atoms with Gasteiger partial charge in [0.15, 0.2) is 0 Å². The van der Waals surface area contributed by atoms with Crippen LogP contribution in [0.3, 0.4) is 0 Å². The topological polar surface area (TPSA) is 165 Å². The number of hydrogen-bond donors (Lipinski definition) is 5. The van der Waals surface area contributed by atoms with E-state index in [-0.39, 0.29) is 5.96 Å². The molecule has 1 aliphatic heterocycles. The molecule has 0 aromatic rings. The smallest absolute Gasteiger partial charge is 0.209 e. The van der Waals surface area contributed by atoms with Gasteiger partial charge in [-0.3, -0.25) is 0 Å². The van der Waals surface area contributed by atoms with E-state index in [1.165, 1.54) is 64.0 Å². The fraction of sp³-hybridized carbons (Fsp3) is 0.889. The lowest BCUT2D eigenvalue weighted by Crippen LogP contribution is -2.27. The van der Waals surface area contributed by atoms with Crippen LogP contribution in [0, 0.1) is 11.5 Å². The molecule has 1 fully saturated rings. The summed E-state index contributed by atoms with van der Waals surface area (Å²) >= 11 is 0. The molecule has 1 atom stereocenters. The second kappa shape index (κ2) is 23.6. The molecule has 0 aromatic carbocycles. The minimum Gasteiger partial charge on any atom is -0.373 e. The molecule has 1 aliphatic rings. The second-order valence-corrected chi connectivity index (χ2v) is 6.18. The van der Waals surface area contributed by atoms with Gasteiger partial charge in [-0.05, 0) is 6.42 Å². The SMILES string of the molecule is CCCCCCCCCCC1CO1.N#CN=C(N)N.NCCNCCN. The largest absolute Gasteiger partial charge is 0.373 e. The summed E-state index contributed by atoms with van der Waals surface area (Å²) < 4.78 is 5.17. The maximum absolute atomic E-state index is 7.64. The second-order valence-electron chi connectivity index (χ2n) is 6.18. The van der Waals surface area contributed by atoms with E-state index in [9.17, 15) is 0 Å². The van der Waals surface area contributed by atoms with Crippen molar-refractivity contribution >= 4 is 5.96 Å². The van der Waals surface area contributed by atoms with Gasteiger partial charge >= 0.3 is 0 Å². The molecule has 0 aromatic heterocycles. The van der Waals surface area contributed by atoms with Crippen LogP contribution in [0.15, 0.2) is 4.99 Å². The predicted octanol–water partition coefficient (Wildman–Crippen LogP) is 1.15. The quantitative estimate of drug-likeness (QED) is 0.106. The molecule has 8 nitrogen and oxygen atoms in total. The molecular formula is C18H41N7O. The van der Waals surface area contributed by atoms with Gasteiger partial charge in [0.1, 0.15) is 0 Å². The third-order valence-corrected chi connectivity index (χ3v) is 3.60. The average Bonchev–Trinajstić information content (AvgIpc) is 3.43. The van der Waals surface area contributed by atoms with Crippen LogP contribution in [0.25, 0.3) is 0 Å². The highest BCUT2D eigenvalue weighted by Gasteiger charge is 2.20. The first-order valence-corrected chi connectivity index (χ1v) is 9.82. The maximum Gasteiger partial charge on any atom is 0.209 e. The monoisotopic (exact) mass is 371 g/mol. The molecule has 9 N–H and O–H groups in total. The van der Waals surface area contributed by atoms with Gasteiger partial charge in [-0.25, -0.2) is 0 Å². The summed E-state index contributed by atoms with van der Waals surface area (Å²) in [6, 6.07) is 0. The number of guanidine groups is 1. The molecule has 0 radical (unpaired) electrons. The lowest BCUT2D eigenvalue weighted by molar-refractivity contribution is 0.387. The van der Waals surface area contributed by atoms with E-state index in [1.54, 1.807) is 0 Å². The van der Waals surface area contributed by atoms with Crippen LogP contribution in [-0.4, -0.2) is 44.8 Å². The number of unbranched alkanes of at least 4 members (excludes halogenated alkanes) is 7. The van der Waals surface area contributed by atoms with Gasteiger partial charge in [0.25, 0.3) is 0 Å². The fourth-order valence-corrected chi connectivity index (χ4v) is 2.13. The molecule has 0 aliphatic carbocycles. The highest BCUT2D eigenvalue weighted by atomic mass is 16.6. The van der Waals surface area contributed by atoms with Gasteiger partial charge in [-0.15, -0.1) is 4.99 Å². The van der Waals surface area contributed by atoms with Crippen LogP contribution in [0.1, 0.15) is 64.7 Å². The van der Waals surface area contributed by atoms with Crippen LogP contribution < -0.4 is 28.3 Å². The van der Waals surface area contributed by atoms with Crippen molar-refractivity contribution in [3.63, 3.8) is 0 Å². The van der Waals surface area contributed by atoms with Crippen molar-refractivity contribution in [1.82, 2.24) is 5.32 Å². The van der Waals surface area contributed by atoms with Crippen molar-refractivity contribution in [2.24, 2.45) is 27.9 Å². The van der Waals surface area contributed by atoms with Gasteiger partial charge in [0.2, 0.25) is 12.2 Å². The summed E-state index contributed by atoms with van der Waals surface area (Å²) in [5, 5.41) is 10.7. The third kappa shape index (κ3) is 30.5. The molecule has 1 rings (SSSR count). The van der Waals surface area contributed by atoms with Gasteiger partial charge in [0, 0.05) is 26.2 Å². The first-order valence-electron chi connectivity index (χ1n) is 9.82. The Morgan fingerprint density at radius 2 is 1.54 bits per heavy atom. The Morgan fingerprint density at radius 3 is 1.88 bits per heavy atom. The number of nitrogens with two attached hydrogens (primary N) is 4. The van der Waals surface area contributed by atoms with E-state index in [4.69, 9.17) is 32.9 Å². The molecular weight excluding hydrogens is 330 g/mol. The average molecular weight is 372 g/mol. The van der Waals surface area contributed by atoms with Crippen LogP contribution in [0.2, 0.25) is 0 Å². The predicted molar refractivity (Wildman–Crippen MR) is 109 cm³/mol. The number of epoxide rings is 1. The van der Waals surface area contributed by atoms with E-state index in [0.717, 1.165) is 19.7 Å². The molecule has 0 saturated carbocycles. The van der Waals surface area contributed by atoms with Gasteiger partial charge in [0.05, 0.1) is 12.7 Å². The third-order valence-electron chi connectivity index (χ3n) is 3.60. The minimum absolute atomic E-state index is 0.197. The Labute approximate surface area is 159 Å². The van der Waals surface area contributed by atoms with Gasteiger partial charge in [-0.2, -0.15) is 5.26 Å². The van der Waals surface area contributed by atoms with E-state index < -0.39 is 0 Å². The zero-order valence-corrected chi connectivity index (χ0v) is 16.6. The van der Waals surface area contributed by atoms with E-state index in [2.05, 4.69) is 17.2 Å². The van der Waals surface area contributed by atoms with Crippen molar-refractivity contribution in [3.8, 4) is 6.19 Å². The van der Waals surface area contributed by atoms with E-state index in [1.807, 2.05) is 0 Å². The number of nitriles is 1. The summed E-state index contributed by atoms with van der Waals surface area (Å²) in [5.74, 6) is -0.197. The number of aliphatic imine (C=N–C) groups is 1. The Kier molecular flexibility index (Phi) is 24.3. The lowest BCUT2D eigenvalue weighted by atomic mass is 10.1. The number of nitrogens with zero attached hydrogens (tertiary/aromatic N) is 2. The zero-order valence-electron chi connectivity index (χ0n) is 16.6. The van der Waals surface area contributed by atoms with Crippen LogP contribution in [0.5, 0.6) is 0 Å². The van der Waals surface area contributed by atoms with Crippen molar-refractivity contribution in [1.29, 1.82) is 5.26 Å². The number of nitrogens with one attached hydrogen (secondary N) is 1.